The minimum atomic E-state index is -3.74. The lowest BCUT2D eigenvalue weighted by Crippen LogP contribution is -2.39. The number of furan rings is 1. The van der Waals surface area contributed by atoms with E-state index in [0.717, 1.165) is 0 Å². The maximum atomic E-state index is 12.5. The van der Waals surface area contributed by atoms with Crippen LogP contribution in [0.4, 0.5) is 0 Å². The molecule has 1 aromatic heterocycles. The number of aliphatic carboxylic acids is 1. The van der Waals surface area contributed by atoms with Gasteiger partial charge in [0, 0.05) is 25.6 Å². The van der Waals surface area contributed by atoms with Gasteiger partial charge in [0.25, 0.3) is 15.9 Å². The van der Waals surface area contributed by atoms with Gasteiger partial charge in [-0.15, -0.1) is 0 Å². The fourth-order valence-electron chi connectivity index (χ4n) is 2.66. The van der Waals surface area contributed by atoms with E-state index >= 15 is 0 Å². The Hall–Kier alpha value is -1.87. The molecule has 1 saturated heterocycles. The quantitative estimate of drug-likeness (QED) is 0.817. The number of carbonyl (C=O) groups is 2. The maximum Gasteiger partial charge on any atom is 0.303 e. The van der Waals surface area contributed by atoms with Crippen LogP contribution in [0.2, 0.25) is 0 Å². The first-order valence-corrected chi connectivity index (χ1v) is 8.78. The van der Waals surface area contributed by atoms with Crippen LogP contribution in [0.15, 0.2) is 15.6 Å². The molecule has 1 aliphatic heterocycles. The summed E-state index contributed by atoms with van der Waals surface area (Å²) in [4.78, 5) is 24.8. The van der Waals surface area contributed by atoms with Crippen LogP contribution in [0.3, 0.4) is 0 Å². The van der Waals surface area contributed by atoms with Crippen LogP contribution in [-0.4, -0.2) is 50.4 Å². The lowest BCUT2D eigenvalue weighted by atomic mass is 9.93. The van der Waals surface area contributed by atoms with Gasteiger partial charge in [-0.3, -0.25) is 9.59 Å². The average molecular weight is 344 g/mol. The van der Waals surface area contributed by atoms with Crippen LogP contribution >= 0.6 is 0 Å². The standard InChI is InChI=1S/C14H20N2O6S/c1-9-11(8-13(22-9)23(20,21)15-2)14(19)16-5-3-10(4-6-16)7-12(17)18/h8,10,15H,3-7H2,1-2H3,(H,17,18). The smallest absolute Gasteiger partial charge is 0.303 e. The number of piperidine rings is 1. The second-order valence-electron chi connectivity index (χ2n) is 5.58. The number of likely N-dealkylation sites (tertiary alicyclic amines) is 1. The molecule has 0 saturated carbocycles. The molecular formula is C14H20N2O6S. The first-order chi connectivity index (χ1) is 10.7. The molecular weight excluding hydrogens is 324 g/mol. The SMILES string of the molecule is CNS(=O)(=O)c1cc(C(=O)N2CCC(CC(=O)O)CC2)c(C)o1. The Morgan fingerprint density at radius 3 is 2.52 bits per heavy atom. The summed E-state index contributed by atoms with van der Waals surface area (Å²) >= 11 is 0. The van der Waals surface area contributed by atoms with Crippen molar-refractivity contribution in [3.63, 3.8) is 0 Å². The zero-order chi connectivity index (χ0) is 17.2. The highest BCUT2D eigenvalue weighted by Crippen LogP contribution is 2.25. The lowest BCUT2D eigenvalue weighted by molar-refractivity contribution is -0.138. The molecule has 128 valence electrons. The van der Waals surface area contributed by atoms with Crippen molar-refractivity contribution in [1.29, 1.82) is 0 Å². The molecule has 0 aliphatic carbocycles. The summed E-state index contributed by atoms with van der Waals surface area (Å²) in [5, 5.41) is 8.51. The lowest BCUT2D eigenvalue weighted by Gasteiger charge is -2.31. The predicted molar refractivity (Wildman–Crippen MR) is 80.6 cm³/mol. The van der Waals surface area contributed by atoms with Crippen molar-refractivity contribution in [2.24, 2.45) is 5.92 Å². The first kappa shape index (κ1) is 17.5. The molecule has 1 aliphatic rings. The molecule has 2 heterocycles. The van der Waals surface area contributed by atoms with Gasteiger partial charge in [0.1, 0.15) is 5.76 Å². The molecule has 0 bridgehead atoms. The van der Waals surface area contributed by atoms with E-state index in [0.29, 0.717) is 25.9 Å². The van der Waals surface area contributed by atoms with Gasteiger partial charge in [-0.25, -0.2) is 13.1 Å². The van der Waals surface area contributed by atoms with Crippen molar-refractivity contribution in [3.8, 4) is 0 Å². The second-order valence-corrected chi connectivity index (χ2v) is 7.39. The third-order valence-corrected chi connectivity index (χ3v) is 5.29. The molecule has 23 heavy (non-hydrogen) atoms. The van der Waals surface area contributed by atoms with Crippen LogP contribution in [-0.2, 0) is 14.8 Å². The van der Waals surface area contributed by atoms with Crippen molar-refractivity contribution in [3.05, 3.63) is 17.4 Å². The van der Waals surface area contributed by atoms with Gasteiger partial charge in [-0.05, 0) is 32.7 Å². The van der Waals surface area contributed by atoms with Crippen LogP contribution in [0.1, 0.15) is 35.4 Å². The molecule has 0 atom stereocenters. The monoisotopic (exact) mass is 344 g/mol. The van der Waals surface area contributed by atoms with Crippen LogP contribution in [0.5, 0.6) is 0 Å². The number of sulfonamides is 1. The molecule has 1 amide bonds. The highest BCUT2D eigenvalue weighted by Gasteiger charge is 2.29. The number of nitrogens with zero attached hydrogens (tertiary/aromatic N) is 1. The van der Waals surface area contributed by atoms with E-state index in [1.54, 1.807) is 11.8 Å². The fraction of sp³-hybridized carbons (Fsp3) is 0.571. The number of carbonyl (C=O) groups excluding carboxylic acids is 1. The Labute approximate surface area is 134 Å². The van der Waals surface area contributed by atoms with Crippen molar-refractivity contribution in [1.82, 2.24) is 9.62 Å². The summed E-state index contributed by atoms with van der Waals surface area (Å²) in [5.41, 5.74) is 0.218. The van der Waals surface area contributed by atoms with E-state index in [2.05, 4.69) is 4.72 Å². The Morgan fingerprint density at radius 2 is 2.00 bits per heavy atom. The molecule has 0 aromatic carbocycles. The summed E-state index contributed by atoms with van der Waals surface area (Å²) in [7, 11) is -2.47. The summed E-state index contributed by atoms with van der Waals surface area (Å²) in [6.45, 7) is 2.45. The summed E-state index contributed by atoms with van der Waals surface area (Å²) in [5.74, 6) is -0.807. The summed E-state index contributed by atoms with van der Waals surface area (Å²) < 4.78 is 30.8. The van der Waals surface area contributed by atoms with E-state index in [1.165, 1.54) is 13.1 Å². The highest BCUT2D eigenvalue weighted by molar-refractivity contribution is 7.89. The number of rotatable bonds is 5. The molecule has 2 N–H and O–H groups in total. The Morgan fingerprint density at radius 1 is 1.39 bits per heavy atom. The fourth-order valence-corrected chi connectivity index (χ4v) is 3.37. The van der Waals surface area contributed by atoms with Crippen molar-refractivity contribution >= 4 is 21.9 Å². The molecule has 0 spiro atoms. The molecule has 1 fully saturated rings. The number of aryl methyl sites for hydroxylation is 1. The Kier molecular flexibility index (Phi) is 5.10. The zero-order valence-corrected chi connectivity index (χ0v) is 13.9. The molecule has 8 nitrogen and oxygen atoms in total. The number of amides is 1. The third-order valence-electron chi connectivity index (χ3n) is 4.02. The number of hydrogen-bond acceptors (Lipinski definition) is 5. The van der Waals surface area contributed by atoms with Crippen molar-refractivity contribution in [2.45, 2.75) is 31.3 Å². The molecule has 0 radical (unpaired) electrons. The first-order valence-electron chi connectivity index (χ1n) is 7.29. The normalized spacial score (nSPS) is 16.5. The van der Waals surface area contributed by atoms with E-state index in [9.17, 15) is 18.0 Å². The van der Waals surface area contributed by atoms with E-state index in [4.69, 9.17) is 9.52 Å². The Balaban J connectivity index is 2.09. The summed E-state index contributed by atoms with van der Waals surface area (Å²) in [6.07, 6.45) is 1.35. The topological polar surface area (TPSA) is 117 Å². The van der Waals surface area contributed by atoms with Gasteiger partial charge in [-0.2, -0.15) is 0 Å². The summed E-state index contributed by atoms with van der Waals surface area (Å²) in [6, 6.07) is 1.23. The largest absolute Gasteiger partial charge is 0.481 e. The zero-order valence-electron chi connectivity index (χ0n) is 13.0. The molecule has 0 unspecified atom stereocenters. The van der Waals surface area contributed by atoms with Crippen molar-refractivity contribution < 1.29 is 27.5 Å². The van der Waals surface area contributed by atoms with Gasteiger partial charge in [0.15, 0.2) is 0 Å². The van der Waals surface area contributed by atoms with Crippen LogP contribution in [0.25, 0.3) is 0 Å². The number of nitrogens with one attached hydrogen (secondary N) is 1. The number of carboxylic acids is 1. The van der Waals surface area contributed by atoms with Gasteiger partial charge in [0.05, 0.1) is 5.56 Å². The predicted octanol–water partition coefficient (Wildman–Crippen LogP) is 0.823. The van der Waals surface area contributed by atoms with E-state index < -0.39 is 16.0 Å². The van der Waals surface area contributed by atoms with Gasteiger partial charge < -0.3 is 14.4 Å². The maximum absolute atomic E-state index is 12.5. The molecule has 9 heteroatoms. The Bertz CT molecular complexity index is 701. The van der Waals surface area contributed by atoms with Crippen LogP contribution < -0.4 is 4.72 Å². The minimum absolute atomic E-state index is 0.0715. The molecule has 2 rings (SSSR count). The van der Waals surface area contributed by atoms with E-state index in [1.807, 2.05) is 0 Å². The van der Waals surface area contributed by atoms with Gasteiger partial charge >= 0.3 is 5.97 Å². The third kappa shape index (κ3) is 3.91. The minimum Gasteiger partial charge on any atom is -0.481 e. The molecule has 1 aromatic rings. The van der Waals surface area contributed by atoms with Gasteiger partial charge in [0.2, 0.25) is 5.09 Å². The van der Waals surface area contributed by atoms with Crippen LogP contribution in [0, 0.1) is 12.8 Å². The second kappa shape index (κ2) is 6.71. The van der Waals surface area contributed by atoms with E-state index in [-0.39, 0.29) is 34.7 Å². The van der Waals surface area contributed by atoms with Crippen molar-refractivity contribution in [2.75, 3.05) is 20.1 Å². The highest BCUT2D eigenvalue weighted by atomic mass is 32.2. The number of carboxylic acid groups (broad SMARTS) is 1. The van der Waals surface area contributed by atoms with Gasteiger partial charge in [-0.1, -0.05) is 0 Å². The average Bonchev–Trinajstić information content (AvgIpc) is 2.89. The number of hydrogen-bond donors (Lipinski definition) is 2.